The fraction of sp³-hybridized carbons (Fsp3) is 0.276. The van der Waals surface area contributed by atoms with Crippen LogP contribution < -0.4 is 4.57 Å². The second-order valence-corrected chi connectivity index (χ2v) is 9.86. The molecule has 0 radical (unpaired) electrons. The summed E-state index contributed by atoms with van der Waals surface area (Å²) in [6.45, 7) is 4.19. The molecule has 0 unspecified atom stereocenters. The Labute approximate surface area is 210 Å². The third-order valence-corrected chi connectivity index (χ3v) is 6.73. The number of fused-ring (bicyclic) bond motifs is 3. The molecule has 0 spiro atoms. The molecular weight excluding hydrogens is 490 g/mol. The molecular formula is C29H25F6N2+. The second-order valence-electron chi connectivity index (χ2n) is 9.86. The number of nitrogens with zero attached hydrogens (tertiary/aromatic N) is 2. The highest BCUT2D eigenvalue weighted by molar-refractivity contribution is 5.80. The van der Waals surface area contributed by atoms with E-state index in [9.17, 15) is 26.3 Å². The minimum absolute atomic E-state index is 0.00139. The fourth-order valence-electron chi connectivity index (χ4n) is 5.19. The SMILES string of the molecule is CC(C)C[C@H]1Cc2ccccc2-c2c(-c3ccccc3)n(-c3cc(C(F)(F)F)cc(C(F)(F)F)c3)c[n+]21. The summed E-state index contributed by atoms with van der Waals surface area (Å²) in [6.07, 6.45) is -6.68. The molecule has 0 N–H and O–H groups in total. The van der Waals surface area contributed by atoms with Gasteiger partial charge in [0.1, 0.15) is 11.7 Å². The van der Waals surface area contributed by atoms with Crippen LogP contribution in [0.2, 0.25) is 0 Å². The van der Waals surface area contributed by atoms with Gasteiger partial charge in [-0.05, 0) is 36.1 Å². The smallest absolute Gasteiger partial charge is 0.226 e. The summed E-state index contributed by atoms with van der Waals surface area (Å²) >= 11 is 0. The molecule has 0 saturated heterocycles. The van der Waals surface area contributed by atoms with Crippen LogP contribution in [0.5, 0.6) is 0 Å². The van der Waals surface area contributed by atoms with E-state index >= 15 is 0 Å². The highest BCUT2D eigenvalue weighted by atomic mass is 19.4. The molecule has 192 valence electrons. The Morgan fingerprint density at radius 2 is 1.43 bits per heavy atom. The Balaban J connectivity index is 1.86. The highest BCUT2D eigenvalue weighted by Crippen LogP contribution is 2.42. The van der Waals surface area contributed by atoms with E-state index in [0.29, 0.717) is 17.2 Å². The Morgan fingerprint density at radius 3 is 2.03 bits per heavy atom. The molecule has 0 bridgehead atoms. The number of hydrogen-bond acceptors (Lipinski definition) is 0. The summed E-state index contributed by atoms with van der Waals surface area (Å²) in [5.74, 6) is 0.338. The summed E-state index contributed by atoms with van der Waals surface area (Å²) in [6, 6.07) is 18.6. The van der Waals surface area contributed by atoms with Crippen LogP contribution >= 0.6 is 0 Å². The summed E-state index contributed by atoms with van der Waals surface area (Å²) in [5.41, 5.74) is 1.18. The normalized spacial score (nSPS) is 15.5. The lowest BCUT2D eigenvalue weighted by molar-refractivity contribution is -0.715. The van der Waals surface area contributed by atoms with E-state index < -0.39 is 23.5 Å². The van der Waals surface area contributed by atoms with Crippen molar-refractivity contribution >= 4 is 0 Å². The number of benzene rings is 3. The van der Waals surface area contributed by atoms with E-state index in [1.807, 2.05) is 47.0 Å². The third-order valence-electron chi connectivity index (χ3n) is 6.73. The molecule has 1 aliphatic rings. The first-order chi connectivity index (χ1) is 17.4. The topological polar surface area (TPSA) is 8.81 Å². The van der Waals surface area contributed by atoms with Crippen LogP contribution in [0.3, 0.4) is 0 Å². The van der Waals surface area contributed by atoms with Gasteiger partial charge in [0.2, 0.25) is 6.33 Å². The van der Waals surface area contributed by atoms with E-state index in [2.05, 4.69) is 13.8 Å². The van der Waals surface area contributed by atoms with Crippen molar-refractivity contribution in [2.75, 3.05) is 0 Å². The Bertz CT molecular complexity index is 1400. The summed E-state index contributed by atoms with van der Waals surface area (Å²) in [5, 5.41) is 0. The number of aromatic nitrogens is 2. The number of rotatable bonds is 4. The van der Waals surface area contributed by atoms with Crippen molar-refractivity contribution in [1.29, 1.82) is 0 Å². The van der Waals surface area contributed by atoms with Crippen molar-refractivity contribution in [2.24, 2.45) is 5.92 Å². The molecule has 37 heavy (non-hydrogen) atoms. The number of imidazole rings is 1. The predicted molar refractivity (Wildman–Crippen MR) is 129 cm³/mol. The van der Waals surface area contributed by atoms with Crippen LogP contribution in [0.25, 0.3) is 28.2 Å². The number of halogens is 6. The first-order valence-electron chi connectivity index (χ1n) is 12.0. The van der Waals surface area contributed by atoms with E-state index in [4.69, 9.17) is 0 Å². The van der Waals surface area contributed by atoms with E-state index in [1.54, 1.807) is 18.5 Å². The number of hydrogen-bond donors (Lipinski definition) is 0. The van der Waals surface area contributed by atoms with Crippen molar-refractivity contribution < 1.29 is 30.9 Å². The maximum Gasteiger partial charge on any atom is 0.416 e. The zero-order valence-electron chi connectivity index (χ0n) is 20.2. The molecule has 1 aromatic heterocycles. The maximum atomic E-state index is 13.7. The van der Waals surface area contributed by atoms with Crippen LogP contribution in [0.1, 0.15) is 43.0 Å². The lowest BCUT2D eigenvalue weighted by atomic mass is 9.88. The molecule has 1 atom stereocenters. The molecule has 0 saturated carbocycles. The zero-order chi connectivity index (χ0) is 26.5. The quantitative estimate of drug-likeness (QED) is 0.191. The lowest BCUT2D eigenvalue weighted by Crippen LogP contribution is -2.44. The molecule has 0 fully saturated rings. The van der Waals surface area contributed by atoms with Gasteiger partial charge in [-0.3, -0.25) is 0 Å². The van der Waals surface area contributed by atoms with Gasteiger partial charge in [0, 0.05) is 17.5 Å². The number of alkyl halides is 6. The van der Waals surface area contributed by atoms with Gasteiger partial charge in [-0.25, -0.2) is 4.57 Å². The van der Waals surface area contributed by atoms with E-state index in [-0.39, 0.29) is 17.8 Å². The second kappa shape index (κ2) is 9.08. The van der Waals surface area contributed by atoms with Gasteiger partial charge in [0.05, 0.1) is 11.1 Å². The Morgan fingerprint density at radius 1 is 0.838 bits per heavy atom. The maximum absolute atomic E-state index is 13.7. The van der Waals surface area contributed by atoms with Crippen molar-refractivity contribution in [3.8, 4) is 28.2 Å². The van der Waals surface area contributed by atoms with Gasteiger partial charge in [-0.15, -0.1) is 0 Å². The van der Waals surface area contributed by atoms with Crippen LogP contribution in [0.4, 0.5) is 26.3 Å². The minimum Gasteiger partial charge on any atom is -0.226 e. The van der Waals surface area contributed by atoms with E-state index in [1.165, 1.54) is 4.57 Å². The zero-order valence-corrected chi connectivity index (χ0v) is 20.2. The molecule has 8 heteroatoms. The highest BCUT2D eigenvalue weighted by Gasteiger charge is 2.40. The van der Waals surface area contributed by atoms with Crippen LogP contribution in [-0.4, -0.2) is 4.57 Å². The first-order valence-corrected chi connectivity index (χ1v) is 12.0. The van der Waals surface area contributed by atoms with Crippen LogP contribution in [0.15, 0.2) is 79.1 Å². The molecule has 2 nitrogen and oxygen atoms in total. The van der Waals surface area contributed by atoms with Gasteiger partial charge < -0.3 is 0 Å². The Hall–Kier alpha value is -3.55. The van der Waals surface area contributed by atoms with Crippen molar-refractivity contribution in [2.45, 2.75) is 45.1 Å². The molecule has 0 aliphatic carbocycles. The standard InChI is InChI=1S/C29H25F6N2/c1-18(2)12-23-13-20-10-6-7-11-25(20)27-26(19-8-4-3-5-9-19)36(17-37(23)27)24-15-21(28(30,31)32)14-22(16-24)29(33,34)35/h3-11,14-18,23H,12-13H2,1-2H3/q+1/t23-/m0/s1. The average Bonchev–Trinajstić information content (AvgIpc) is 3.24. The van der Waals surface area contributed by atoms with Gasteiger partial charge in [-0.2, -0.15) is 30.9 Å². The van der Waals surface area contributed by atoms with Crippen molar-refractivity contribution in [1.82, 2.24) is 4.57 Å². The van der Waals surface area contributed by atoms with Crippen LogP contribution in [0, 0.1) is 5.92 Å². The molecule has 1 aliphatic heterocycles. The van der Waals surface area contributed by atoms with Gasteiger partial charge in [0.25, 0.3) is 0 Å². The Kier molecular flexibility index (Phi) is 6.16. The predicted octanol–water partition coefficient (Wildman–Crippen LogP) is 8.28. The van der Waals surface area contributed by atoms with Crippen LogP contribution in [-0.2, 0) is 18.8 Å². The molecule has 4 aromatic rings. The largest absolute Gasteiger partial charge is 0.416 e. The monoisotopic (exact) mass is 515 g/mol. The molecule has 0 amide bonds. The molecule has 5 rings (SSSR count). The summed E-state index contributed by atoms with van der Waals surface area (Å²) in [7, 11) is 0. The summed E-state index contributed by atoms with van der Waals surface area (Å²) < 4.78 is 85.8. The molecule has 3 aromatic carbocycles. The minimum atomic E-state index is -4.93. The fourth-order valence-corrected chi connectivity index (χ4v) is 5.19. The molecule has 2 heterocycles. The van der Waals surface area contributed by atoms with Gasteiger partial charge in [0.15, 0.2) is 11.4 Å². The third kappa shape index (κ3) is 4.77. The van der Waals surface area contributed by atoms with Gasteiger partial charge >= 0.3 is 12.4 Å². The van der Waals surface area contributed by atoms with Crippen molar-refractivity contribution in [3.63, 3.8) is 0 Å². The average molecular weight is 516 g/mol. The lowest BCUT2D eigenvalue weighted by Gasteiger charge is -2.24. The first kappa shape index (κ1) is 25.1. The van der Waals surface area contributed by atoms with Gasteiger partial charge in [-0.1, -0.05) is 68.4 Å². The van der Waals surface area contributed by atoms with E-state index in [0.717, 1.165) is 41.8 Å². The van der Waals surface area contributed by atoms with Crippen molar-refractivity contribution in [3.05, 3.63) is 95.8 Å². The summed E-state index contributed by atoms with van der Waals surface area (Å²) in [4.78, 5) is 0.